The van der Waals surface area contributed by atoms with Crippen LogP contribution in [-0.4, -0.2) is 30.3 Å². The first-order chi connectivity index (χ1) is 8.15. The highest BCUT2D eigenvalue weighted by molar-refractivity contribution is 5.96. The maximum absolute atomic E-state index is 11.8. The Morgan fingerprint density at radius 1 is 1.41 bits per heavy atom. The van der Waals surface area contributed by atoms with Crippen LogP contribution in [0.25, 0.3) is 0 Å². The van der Waals surface area contributed by atoms with E-state index < -0.39 is 0 Å². The minimum Gasteiger partial charge on any atom is -0.302 e. The van der Waals surface area contributed by atoms with Gasteiger partial charge in [-0.1, -0.05) is 30.3 Å². The van der Waals surface area contributed by atoms with Gasteiger partial charge in [0.25, 0.3) is 0 Å². The first-order valence-corrected chi connectivity index (χ1v) is 5.80. The maximum atomic E-state index is 11.8. The molecule has 1 rings (SSSR count). The number of rotatable bonds is 6. The van der Waals surface area contributed by atoms with Crippen LogP contribution < -0.4 is 0 Å². The van der Waals surface area contributed by atoms with Crippen molar-refractivity contribution in [3.05, 3.63) is 35.9 Å². The maximum Gasteiger partial charge on any atom is 0.164 e. The Morgan fingerprint density at radius 2 is 2.06 bits per heavy atom. The van der Waals surface area contributed by atoms with Crippen LogP contribution in [0.4, 0.5) is 0 Å². The van der Waals surface area contributed by atoms with E-state index in [1.165, 1.54) is 0 Å². The Hall–Kier alpha value is -1.66. The number of carbonyl (C=O) groups excluding carboxylic acids is 1. The van der Waals surface area contributed by atoms with E-state index in [0.717, 1.165) is 5.56 Å². The van der Waals surface area contributed by atoms with Crippen molar-refractivity contribution in [1.29, 1.82) is 5.26 Å². The Kier molecular flexibility index (Phi) is 5.38. The van der Waals surface area contributed by atoms with Crippen molar-refractivity contribution in [3.8, 4) is 6.07 Å². The van der Waals surface area contributed by atoms with Crippen LogP contribution in [0.15, 0.2) is 30.3 Å². The molecule has 0 aliphatic rings. The van der Waals surface area contributed by atoms with Gasteiger partial charge in [-0.05, 0) is 14.0 Å². The topological polar surface area (TPSA) is 44.1 Å². The van der Waals surface area contributed by atoms with E-state index >= 15 is 0 Å². The fraction of sp³-hybridized carbons (Fsp3) is 0.429. The SMILES string of the molecule is CC(CC#N)N(C)CCC(=O)c1ccccc1. The monoisotopic (exact) mass is 230 g/mol. The van der Waals surface area contributed by atoms with Crippen LogP contribution in [0.3, 0.4) is 0 Å². The fourth-order valence-electron chi connectivity index (χ4n) is 1.55. The number of nitrogens with zero attached hydrogens (tertiary/aromatic N) is 2. The molecule has 0 saturated carbocycles. The summed E-state index contributed by atoms with van der Waals surface area (Å²) in [7, 11) is 1.94. The van der Waals surface area contributed by atoms with Crippen LogP contribution in [0, 0.1) is 11.3 Å². The van der Waals surface area contributed by atoms with Gasteiger partial charge in [0, 0.05) is 24.6 Å². The normalized spacial score (nSPS) is 12.1. The second kappa shape index (κ2) is 6.82. The predicted molar refractivity (Wildman–Crippen MR) is 67.7 cm³/mol. The van der Waals surface area contributed by atoms with Crippen molar-refractivity contribution in [1.82, 2.24) is 4.90 Å². The zero-order valence-electron chi connectivity index (χ0n) is 10.4. The molecule has 3 nitrogen and oxygen atoms in total. The van der Waals surface area contributed by atoms with Crippen LogP contribution in [0.1, 0.15) is 30.1 Å². The average molecular weight is 230 g/mol. The molecule has 0 radical (unpaired) electrons. The van der Waals surface area contributed by atoms with Crippen molar-refractivity contribution in [2.45, 2.75) is 25.8 Å². The van der Waals surface area contributed by atoms with E-state index in [1.807, 2.05) is 49.2 Å². The summed E-state index contributed by atoms with van der Waals surface area (Å²) in [6.45, 7) is 2.69. The van der Waals surface area contributed by atoms with E-state index in [-0.39, 0.29) is 11.8 Å². The number of carbonyl (C=O) groups is 1. The number of ketones is 1. The van der Waals surface area contributed by atoms with Gasteiger partial charge in [0.1, 0.15) is 0 Å². The molecule has 1 atom stereocenters. The molecule has 0 heterocycles. The molecule has 0 aliphatic heterocycles. The zero-order valence-corrected chi connectivity index (χ0v) is 10.4. The van der Waals surface area contributed by atoms with Gasteiger partial charge in [0.05, 0.1) is 12.5 Å². The fourth-order valence-corrected chi connectivity index (χ4v) is 1.55. The Labute approximate surface area is 103 Å². The molecule has 0 fully saturated rings. The highest BCUT2D eigenvalue weighted by atomic mass is 16.1. The van der Waals surface area contributed by atoms with Crippen LogP contribution in [-0.2, 0) is 0 Å². The Morgan fingerprint density at radius 3 is 2.65 bits per heavy atom. The molecular weight excluding hydrogens is 212 g/mol. The summed E-state index contributed by atoms with van der Waals surface area (Å²) in [6, 6.07) is 11.6. The minimum atomic E-state index is 0.154. The molecule has 0 aromatic heterocycles. The van der Waals surface area contributed by atoms with Gasteiger partial charge in [-0.15, -0.1) is 0 Å². The van der Waals surface area contributed by atoms with E-state index in [1.54, 1.807) is 0 Å². The van der Waals surface area contributed by atoms with Crippen molar-refractivity contribution in [3.63, 3.8) is 0 Å². The van der Waals surface area contributed by atoms with Gasteiger partial charge in [-0.2, -0.15) is 5.26 Å². The van der Waals surface area contributed by atoms with E-state index in [0.29, 0.717) is 19.4 Å². The van der Waals surface area contributed by atoms with Gasteiger partial charge in [-0.3, -0.25) is 4.79 Å². The number of benzene rings is 1. The summed E-state index contributed by atoms with van der Waals surface area (Å²) in [5, 5.41) is 8.60. The first-order valence-electron chi connectivity index (χ1n) is 5.80. The van der Waals surface area contributed by atoms with Gasteiger partial charge < -0.3 is 4.90 Å². The van der Waals surface area contributed by atoms with E-state index in [2.05, 4.69) is 6.07 Å². The van der Waals surface area contributed by atoms with Gasteiger partial charge >= 0.3 is 0 Å². The largest absolute Gasteiger partial charge is 0.302 e. The third-order valence-electron chi connectivity index (χ3n) is 2.93. The highest BCUT2D eigenvalue weighted by Gasteiger charge is 2.11. The average Bonchev–Trinajstić information content (AvgIpc) is 2.36. The van der Waals surface area contributed by atoms with Crippen molar-refractivity contribution in [2.75, 3.05) is 13.6 Å². The first kappa shape index (κ1) is 13.4. The highest BCUT2D eigenvalue weighted by Crippen LogP contribution is 2.06. The summed E-state index contributed by atoms with van der Waals surface area (Å²) < 4.78 is 0. The number of hydrogen-bond acceptors (Lipinski definition) is 3. The molecule has 1 unspecified atom stereocenters. The minimum absolute atomic E-state index is 0.154. The summed E-state index contributed by atoms with van der Waals surface area (Å²) in [4.78, 5) is 13.9. The van der Waals surface area contributed by atoms with Crippen LogP contribution in [0.5, 0.6) is 0 Å². The lowest BCUT2D eigenvalue weighted by atomic mass is 10.1. The summed E-state index contributed by atoms with van der Waals surface area (Å²) in [5.41, 5.74) is 0.758. The van der Waals surface area contributed by atoms with Gasteiger partial charge in [-0.25, -0.2) is 0 Å². The van der Waals surface area contributed by atoms with E-state index in [4.69, 9.17) is 5.26 Å². The number of nitriles is 1. The third-order valence-corrected chi connectivity index (χ3v) is 2.93. The second-order valence-electron chi connectivity index (χ2n) is 4.23. The molecule has 0 aliphatic carbocycles. The summed E-state index contributed by atoms with van der Waals surface area (Å²) in [6.07, 6.45) is 0.992. The Balaban J connectivity index is 2.41. The molecule has 1 aromatic rings. The molecule has 0 N–H and O–H groups in total. The lowest BCUT2D eigenvalue weighted by molar-refractivity contribution is 0.0962. The predicted octanol–water partition coefficient (Wildman–Crippen LogP) is 2.49. The summed E-state index contributed by atoms with van der Waals surface area (Å²) in [5.74, 6) is 0.154. The quantitative estimate of drug-likeness (QED) is 0.705. The molecule has 17 heavy (non-hydrogen) atoms. The molecule has 0 bridgehead atoms. The molecule has 0 amide bonds. The van der Waals surface area contributed by atoms with Crippen LogP contribution in [0.2, 0.25) is 0 Å². The molecule has 90 valence electrons. The van der Waals surface area contributed by atoms with E-state index in [9.17, 15) is 4.79 Å². The lowest BCUT2D eigenvalue weighted by Crippen LogP contribution is -2.30. The number of hydrogen-bond donors (Lipinski definition) is 0. The smallest absolute Gasteiger partial charge is 0.164 e. The molecule has 0 saturated heterocycles. The zero-order chi connectivity index (χ0) is 12.7. The second-order valence-corrected chi connectivity index (χ2v) is 4.23. The third kappa shape index (κ3) is 4.38. The standard InChI is InChI=1S/C14H18N2O/c1-12(8-10-15)16(2)11-9-14(17)13-6-4-3-5-7-13/h3-7,12H,8-9,11H2,1-2H3. The lowest BCUT2D eigenvalue weighted by Gasteiger charge is -2.21. The number of Topliss-reactive ketones (excluding diaryl/α,β-unsaturated/α-hetero) is 1. The molecular formula is C14H18N2O. The van der Waals surface area contributed by atoms with Gasteiger partial charge in [0.2, 0.25) is 0 Å². The van der Waals surface area contributed by atoms with Crippen LogP contribution >= 0.6 is 0 Å². The van der Waals surface area contributed by atoms with Gasteiger partial charge in [0.15, 0.2) is 5.78 Å². The van der Waals surface area contributed by atoms with Crippen molar-refractivity contribution in [2.24, 2.45) is 0 Å². The molecule has 1 aromatic carbocycles. The molecule has 0 spiro atoms. The summed E-state index contributed by atoms with van der Waals surface area (Å²) >= 11 is 0. The Bertz CT molecular complexity index is 394. The van der Waals surface area contributed by atoms with Crippen molar-refractivity contribution < 1.29 is 4.79 Å². The van der Waals surface area contributed by atoms with Crippen molar-refractivity contribution >= 4 is 5.78 Å². The molecule has 3 heteroatoms.